The van der Waals surface area contributed by atoms with Gasteiger partial charge in [0.2, 0.25) is 0 Å². The third-order valence-corrected chi connectivity index (χ3v) is 3.12. The number of guanidine groups is 1. The second-order valence-corrected chi connectivity index (χ2v) is 4.67. The summed E-state index contributed by atoms with van der Waals surface area (Å²) in [5.74, 6) is 2.37. The molecule has 7 nitrogen and oxygen atoms in total. The fourth-order valence-electron chi connectivity index (χ4n) is 2.07. The molecule has 3 aromatic heterocycles. The van der Waals surface area contributed by atoms with E-state index in [1.54, 1.807) is 6.26 Å². The summed E-state index contributed by atoms with van der Waals surface area (Å²) in [5.41, 5.74) is 0.821. The lowest BCUT2D eigenvalue weighted by Gasteiger charge is -2.09. The van der Waals surface area contributed by atoms with Crippen molar-refractivity contribution in [3.8, 4) is 0 Å². The van der Waals surface area contributed by atoms with Gasteiger partial charge in [0.05, 0.1) is 12.8 Å². The third-order valence-electron chi connectivity index (χ3n) is 3.12. The minimum atomic E-state index is 0.443. The maximum Gasteiger partial charge on any atom is 0.192 e. The summed E-state index contributed by atoms with van der Waals surface area (Å²) in [4.78, 5) is 4.53. The molecule has 0 aliphatic heterocycles. The van der Waals surface area contributed by atoms with Crippen molar-refractivity contribution in [2.75, 3.05) is 6.54 Å². The highest BCUT2D eigenvalue weighted by Gasteiger charge is 2.05. The highest BCUT2D eigenvalue weighted by molar-refractivity contribution is 5.79. The van der Waals surface area contributed by atoms with Gasteiger partial charge in [-0.1, -0.05) is 6.07 Å². The van der Waals surface area contributed by atoms with E-state index in [1.807, 2.05) is 47.9 Å². The van der Waals surface area contributed by atoms with Gasteiger partial charge in [-0.2, -0.15) is 0 Å². The van der Waals surface area contributed by atoms with E-state index in [4.69, 9.17) is 4.42 Å². The Hall–Kier alpha value is -2.83. The van der Waals surface area contributed by atoms with Crippen LogP contribution < -0.4 is 10.6 Å². The summed E-state index contributed by atoms with van der Waals surface area (Å²) in [7, 11) is 0. The van der Waals surface area contributed by atoms with Crippen LogP contribution in [0.25, 0.3) is 5.65 Å². The first kappa shape index (κ1) is 14.1. The van der Waals surface area contributed by atoms with Gasteiger partial charge < -0.3 is 15.1 Å². The predicted octanol–water partition coefficient (Wildman–Crippen LogP) is 1.58. The van der Waals surface area contributed by atoms with E-state index in [9.17, 15) is 0 Å². The van der Waals surface area contributed by atoms with Crippen LogP contribution >= 0.6 is 0 Å². The Balaban J connectivity index is 1.69. The monoisotopic (exact) mass is 298 g/mol. The van der Waals surface area contributed by atoms with Crippen LogP contribution in [0.5, 0.6) is 0 Å². The third kappa shape index (κ3) is 3.25. The lowest BCUT2D eigenvalue weighted by molar-refractivity contribution is 0.501. The molecule has 7 heteroatoms. The minimum absolute atomic E-state index is 0.443. The number of rotatable bonds is 5. The second-order valence-electron chi connectivity index (χ2n) is 4.67. The number of aromatic nitrogens is 3. The number of fused-ring (bicyclic) bond motifs is 1. The lowest BCUT2D eigenvalue weighted by Crippen LogP contribution is -2.36. The number of furan rings is 1. The highest BCUT2D eigenvalue weighted by atomic mass is 16.3. The van der Waals surface area contributed by atoms with E-state index >= 15 is 0 Å². The fourth-order valence-corrected chi connectivity index (χ4v) is 2.07. The molecule has 0 bridgehead atoms. The van der Waals surface area contributed by atoms with E-state index in [-0.39, 0.29) is 0 Å². The van der Waals surface area contributed by atoms with Gasteiger partial charge in [0, 0.05) is 12.7 Å². The van der Waals surface area contributed by atoms with E-state index in [1.165, 1.54) is 0 Å². The van der Waals surface area contributed by atoms with Crippen LogP contribution in [0, 0.1) is 0 Å². The molecule has 0 aromatic carbocycles. The Kier molecular flexibility index (Phi) is 4.33. The Labute approximate surface area is 128 Å². The van der Waals surface area contributed by atoms with Crippen LogP contribution in [-0.2, 0) is 13.1 Å². The number of nitrogens with zero attached hydrogens (tertiary/aromatic N) is 4. The van der Waals surface area contributed by atoms with Crippen molar-refractivity contribution in [3.05, 3.63) is 54.4 Å². The zero-order chi connectivity index (χ0) is 15.2. The van der Waals surface area contributed by atoms with Crippen molar-refractivity contribution in [2.45, 2.75) is 20.0 Å². The molecule has 22 heavy (non-hydrogen) atoms. The van der Waals surface area contributed by atoms with Gasteiger partial charge in [0.15, 0.2) is 17.4 Å². The van der Waals surface area contributed by atoms with Crippen molar-refractivity contribution in [3.63, 3.8) is 0 Å². The number of aliphatic imine (C=N–C) groups is 1. The molecular weight excluding hydrogens is 280 g/mol. The maximum absolute atomic E-state index is 5.30. The van der Waals surface area contributed by atoms with Crippen molar-refractivity contribution in [1.82, 2.24) is 25.2 Å². The number of nitrogens with one attached hydrogen (secondary N) is 2. The second kappa shape index (κ2) is 6.75. The molecule has 0 fully saturated rings. The van der Waals surface area contributed by atoms with Crippen LogP contribution in [0.1, 0.15) is 18.5 Å². The van der Waals surface area contributed by atoms with Gasteiger partial charge in [-0.3, -0.25) is 4.40 Å². The van der Waals surface area contributed by atoms with Gasteiger partial charge in [0.25, 0.3) is 0 Å². The van der Waals surface area contributed by atoms with Crippen LogP contribution in [0.3, 0.4) is 0 Å². The molecular formula is C15H18N6O. The van der Waals surface area contributed by atoms with Gasteiger partial charge >= 0.3 is 0 Å². The standard InChI is InChI=1S/C15H18N6O/c1-2-16-15(17-10-12-6-5-9-22-12)18-11-14-20-19-13-7-3-4-8-21(13)14/h3-9H,2,10-11H2,1H3,(H2,16,17,18). The summed E-state index contributed by atoms with van der Waals surface area (Å²) in [6.07, 6.45) is 3.59. The first-order chi connectivity index (χ1) is 10.9. The Morgan fingerprint density at radius 3 is 3.00 bits per heavy atom. The molecule has 0 unspecified atom stereocenters. The Morgan fingerprint density at radius 2 is 2.18 bits per heavy atom. The van der Waals surface area contributed by atoms with E-state index < -0.39 is 0 Å². The van der Waals surface area contributed by atoms with Crippen LogP contribution in [-0.4, -0.2) is 27.1 Å². The molecule has 3 heterocycles. The molecule has 0 spiro atoms. The van der Waals surface area contributed by atoms with Crippen LogP contribution in [0.15, 0.2) is 52.2 Å². The van der Waals surface area contributed by atoms with E-state index in [0.717, 1.165) is 23.8 Å². The summed E-state index contributed by atoms with van der Waals surface area (Å²) in [6, 6.07) is 9.59. The molecule has 0 aliphatic rings. The molecule has 0 saturated carbocycles. The number of hydrogen-bond acceptors (Lipinski definition) is 4. The van der Waals surface area contributed by atoms with E-state index in [2.05, 4.69) is 25.8 Å². The Bertz CT molecular complexity index is 746. The molecule has 3 aromatic rings. The van der Waals surface area contributed by atoms with Gasteiger partial charge in [-0.15, -0.1) is 10.2 Å². The highest BCUT2D eigenvalue weighted by Crippen LogP contribution is 2.04. The van der Waals surface area contributed by atoms with Crippen molar-refractivity contribution in [1.29, 1.82) is 0 Å². The number of pyridine rings is 1. The molecule has 2 N–H and O–H groups in total. The van der Waals surface area contributed by atoms with Gasteiger partial charge in [-0.25, -0.2) is 4.99 Å². The molecule has 0 atom stereocenters. The van der Waals surface area contributed by atoms with Crippen LogP contribution in [0.2, 0.25) is 0 Å². The first-order valence-corrected chi connectivity index (χ1v) is 7.20. The topological polar surface area (TPSA) is 79.8 Å². The van der Waals surface area contributed by atoms with Crippen molar-refractivity contribution >= 4 is 11.6 Å². The normalized spacial score (nSPS) is 11.8. The van der Waals surface area contributed by atoms with Gasteiger partial charge in [-0.05, 0) is 31.2 Å². The average Bonchev–Trinajstić information content (AvgIpc) is 3.20. The maximum atomic E-state index is 5.30. The smallest absolute Gasteiger partial charge is 0.192 e. The molecule has 0 amide bonds. The van der Waals surface area contributed by atoms with Gasteiger partial charge in [0.1, 0.15) is 12.3 Å². The molecule has 3 rings (SSSR count). The largest absolute Gasteiger partial charge is 0.467 e. The van der Waals surface area contributed by atoms with E-state index in [0.29, 0.717) is 19.0 Å². The first-order valence-electron chi connectivity index (χ1n) is 7.20. The predicted molar refractivity (Wildman–Crippen MR) is 83.4 cm³/mol. The average molecular weight is 298 g/mol. The summed E-state index contributed by atoms with van der Waals surface area (Å²) in [6.45, 7) is 3.83. The zero-order valence-corrected chi connectivity index (χ0v) is 12.4. The summed E-state index contributed by atoms with van der Waals surface area (Å²) < 4.78 is 7.23. The quantitative estimate of drug-likeness (QED) is 0.552. The van der Waals surface area contributed by atoms with Crippen molar-refractivity contribution in [2.24, 2.45) is 4.99 Å². The SMILES string of the molecule is CCNC(=NCc1nnc2ccccn12)NCc1ccco1. The lowest BCUT2D eigenvalue weighted by atomic mass is 10.4. The number of hydrogen-bond donors (Lipinski definition) is 2. The van der Waals surface area contributed by atoms with Crippen LogP contribution in [0.4, 0.5) is 0 Å². The summed E-state index contributed by atoms with van der Waals surface area (Å²) in [5, 5.41) is 14.7. The molecule has 0 aliphatic carbocycles. The summed E-state index contributed by atoms with van der Waals surface area (Å²) >= 11 is 0. The van der Waals surface area contributed by atoms with Crippen molar-refractivity contribution < 1.29 is 4.42 Å². The minimum Gasteiger partial charge on any atom is -0.467 e. The fraction of sp³-hybridized carbons (Fsp3) is 0.267. The molecule has 114 valence electrons. The zero-order valence-electron chi connectivity index (χ0n) is 12.4. The molecule has 0 radical (unpaired) electrons. The molecule has 0 saturated heterocycles. The Morgan fingerprint density at radius 1 is 1.23 bits per heavy atom.